The Balaban J connectivity index is 2.75. The molecule has 88 valence electrons. The maximum atomic E-state index is 10.7. The van der Waals surface area contributed by atoms with Gasteiger partial charge in [-0.15, -0.1) is 0 Å². The number of carbonyl (C=O) groups is 1. The van der Waals surface area contributed by atoms with E-state index in [9.17, 15) is 4.79 Å². The molecular weight excluding hydrogens is 208 g/mol. The van der Waals surface area contributed by atoms with Crippen LogP contribution < -0.4 is 22.3 Å². The van der Waals surface area contributed by atoms with E-state index < -0.39 is 0 Å². The molecule has 1 atom stereocenters. The molecule has 0 radical (unpaired) electrons. The first-order valence-electron chi connectivity index (χ1n) is 4.88. The Morgan fingerprint density at radius 3 is 2.88 bits per heavy atom. The fourth-order valence-electron chi connectivity index (χ4n) is 1.24. The lowest BCUT2D eigenvalue weighted by atomic mass is 10.2. The zero-order chi connectivity index (χ0) is 12.1. The summed E-state index contributed by atoms with van der Waals surface area (Å²) in [7, 11) is 0. The molecule has 0 fully saturated rings. The molecule has 1 amide bonds. The molecule has 0 aromatic carbocycles. The zero-order valence-corrected chi connectivity index (χ0v) is 9.32. The number of hydrazine groups is 1. The Labute approximate surface area is 93.6 Å². The number of hydrogen-bond donors (Lipinski definition) is 4. The van der Waals surface area contributed by atoms with Crippen molar-refractivity contribution >= 4 is 17.7 Å². The van der Waals surface area contributed by atoms with Crippen LogP contribution in [-0.4, -0.2) is 21.9 Å². The van der Waals surface area contributed by atoms with Gasteiger partial charge < -0.3 is 11.1 Å². The highest BCUT2D eigenvalue weighted by Gasteiger charge is 2.09. The largest absolute Gasteiger partial charge is 0.370 e. The number of nitrogens with one attached hydrogen (secondary N) is 2. The quantitative estimate of drug-likeness (QED) is 0.404. The van der Waals surface area contributed by atoms with Crippen molar-refractivity contribution in [2.24, 2.45) is 11.6 Å². The van der Waals surface area contributed by atoms with E-state index in [1.807, 2.05) is 13.8 Å². The van der Waals surface area contributed by atoms with Crippen LogP contribution in [-0.2, 0) is 4.79 Å². The fraction of sp³-hybridized carbons (Fsp3) is 0.444. The average molecular weight is 224 g/mol. The van der Waals surface area contributed by atoms with Gasteiger partial charge in [-0.3, -0.25) is 10.2 Å². The van der Waals surface area contributed by atoms with Crippen molar-refractivity contribution in [2.45, 2.75) is 26.3 Å². The monoisotopic (exact) mass is 224 g/mol. The van der Waals surface area contributed by atoms with Crippen molar-refractivity contribution in [3.63, 3.8) is 0 Å². The highest BCUT2D eigenvalue weighted by Crippen LogP contribution is 2.13. The number of hydrogen-bond acceptors (Lipinski definition) is 6. The molecule has 0 saturated heterocycles. The van der Waals surface area contributed by atoms with Crippen LogP contribution in [0.5, 0.6) is 0 Å². The SMILES string of the molecule is Cc1cnc(NN)nc1NC(C)CC(N)=O. The minimum Gasteiger partial charge on any atom is -0.370 e. The second-order valence-electron chi connectivity index (χ2n) is 3.59. The summed E-state index contributed by atoms with van der Waals surface area (Å²) in [5.41, 5.74) is 8.32. The Morgan fingerprint density at radius 2 is 2.31 bits per heavy atom. The molecule has 0 saturated carbocycles. The number of aryl methyl sites for hydroxylation is 1. The van der Waals surface area contributed by atoms with Crippen molar-refractivity contribution in [3.8, 4) is 0 Å². The van der Waals surface area contributed by atoms with E-state index in [2.05, 4.69) is 20.7 Å². The van der Waals surface area contributed by atoms with Crippen molar-refractivity contribution in [2.75, 3.05) is 10.7 Å². The number of nitrogen functional groups attached to an aromatic ring is 1. The first-order valence-corrected chi connectivity index (χ1v) is 4.88. The maximum absolute atomic E-state index is 10.7. The molecule has 0 aliphatic heterocycles. The predicted octanol–water partition coefficient (Wildman–Crippen LogP) is -0.254. The molecular formula is C9H16N6O. The van der Waals surface area contributed by atoms with Crippen LogP contribution in [0.2, 0.25) is 0 Å². The lowest BCUT2D eigenvalue weighted by Gasteiger charge is -2.14. The first kappa shape index (κ1) is 12.2. The van der Waals surface area contributed by atoms with Crippen molar-refractivity contribution in [1.82, 2.24) is 9.97 Å². The minimum absolute atomic E-state index is 0.0864. The van der Waals surface area contributed by atoms with Gasteiger partial charge >= 0.3 is 0 Å². The van der Waals surface area contributed by atoms with Gasteiger partial charge in [-0.25, -0.2) is 10.8 Å². The zero-order valence-electron chi connectivity index (χ0n) is 9.32. The van der Waals surface area contributed by atoms with E-state index in [-0.39, 0.29) is 18.4 Å². The Bertz CT molecular complexity index is 380. The van der Waals surface area contributed by atoms with Crippen LogP contribution in [0.3, 0.4) is 0 Å². The summed E-state index contributed by atoms with van der Waals surface area (Å²) in [5, 5.41) is 3.07. The average Bonchev–Trinajstić information content (AvgIpc) is 2.20. The Kier molecular flexibility index (Phi) is 4.01. The molecule has 1 rings (SSSR count). The molecule has 0 aliphatic rings. The molecule has 0 aliphatic carbocycles. The number of nitrogens with two attached hydrogens (primary N) is 2. The van der Waals surface area contributed by atoms with Crippen LogP contribution in [0, 0.1) is 6.92 Å². The fourth-order valence-corrected chi connectivity index (χ4v) is 1.24. The summed E-state index contributed by atoms with van der Waals surface area (Å²) in [6, 6.07) is -0.0864. The van der Waals surface area contributed by atoms with Gasteiger partial charge in [-0.1, -0.05) is 0 Å². The van der Waals surface area contributed by atoms with Gasteiger partial charge in [0, 0.05) is 24.2 Å². The highest BCUT2D eigenvalue weighted by molar-refractivity contribution is 5.74. The topological polar surface area (TPSA) is 119 Å². The van der Waals surface area contributed by atoms with Crippen LogP contribution in [0.15, 0.2) is 6.20 Å². The van der Waals surface area contributed by atoms with Crippen LogP contribution in [0.1, 0.15) is 18.9 Å². The standard InChI is InChI=1S/C9H16N6O/c1-5-4-12-9(15-11)14-8(5)13-6(2)3-7(10)16/h4,6H,3,11H2,1-2H3,(H2,10,16)(H2,12,13,14,15). The van der Waals surface area contributed by atoms with E-state index in [0.717, 1.165) is 5.56 Å². The second-order valence-corrected chi connectivity index (χ2v) is 3.59. The summed E-state index contributed by atoms with van der Waals surface area (Å²) in [6.45, 7) is 3.71. The molecule has 1 heterocycles. The van der Waals surface area contributed by atoms with Gasteiger partial charge in [0.25, 0.3) is 0 Å². The van der Waals surface area contributed by atoms with Gasteiger partial charge in [-0.05, 0) is 13.8 Å². The van der Waals surface area contributed by atoms with Crippen molar-refractivity contribution < 1.29 is 4.79 Å². The van der Waals surface area contributed by atoms with Crippen LogP contribution in [0.25, 0.3) is 0 Å². The minimum atomic E-state index is -0.358. The smallest absolute Gasteiger partial charge is 0.239 e. The number of rotatable bonds is 5. The van der Waals surface area contributed by atoms with Gasteiger partial charge in [0.1, 0.15) is 5.82 Å². The number of primary amides is 1. The summed E-state index contributed by atoms with van der Waals surface area (Å²) in [5.74, 6) is 5.80. The highest BCUT2D eigenvalue weighted by atomic mass is 16.1. The van der Waals surface area contributed by atoms with Crippen LogP contribution >= 0.6 is 0 Å². The van der Waals surface area contributed by atoms with Gasteiger partial charge in [-0.2, -0.15) is 4.98 Å². The number of anilines is 2. The normalized spacial score (nSPS) is 11.9. The second kappa shape index (κ2) is 5.26. The number of carbonyl (C=O) groups excluding carboxylic acids is 1. The molecule has 7 nitrogen and oxygen atoms in total. The maximum Gasteiger partial charge on any atom is 0.239 e. The summed E-state index contributed by atoms with van der Waals surface area (Å²) < 4.78 is 0. The first-order chi connectivity index (χ1) is 7.52. The number of amides is 1. The third-order valence-corrected chi connectivity index (χ3v) is 1.99. The molecule has 1 aromatic heterocycles. The van der Waals surface area contributed by atoms with Gasteiger partial charge in [0.05, 0.1) is 0 Å². The third kappa shape index (κ3) is 3.35. The summed E-state index contributed by atoms with van der Waals surface area (Å²) >= 11 is 0. The number of nitrogens with zero attached hydrogens (tertiary/aromatic N) is 2. The molecule has 1 aromatic rings. The van der Waals surface area contributed by atoms with Gasteiger partial charge in [0.2, 0.25) is 11.9 Å². The lowest BCUT2D eigenvalue weighted by molar-refractivity contribution is -0.118. The lowest BCUT2D eigenvalue weighted by Crippen LogP contribution is -2.25. The molecule has 1 unspecified atom stereocenters. The van der Waals surface area contributed by atoms with E-state index in [4.69, 9.17) is 11.6 Å². The third-order valence-electron chi connectivity index (χ3n) is 1.99. The van der Waals surface area contributed by atoms with E-state index in [1.54, 1.807) is 6.20 Å². The molecule has 6 N–H and O–H groups in total. The van der Waals surface area contributed by atoms with Crippen LogP contribution in [0.4, 0.5) is 11.8 Å². The van der Waals surface area contributed by atoms with E-state index in [1.165, 1.54) is 0 Å². The molecule has 0 bridgehead atoms. The van der Waals surface area contributed by atoms with E-state index >= 15 is 0 Å². The molecule has 0 spiro atoms. The van der Waals surface area contributed by atoms with Crippen molar-refractivity contribution in [1.29, 1.82) is 0 Å². The molecule has 16 heavy (non-hydrogen) atoms. The molecule has 7 heteroatoms. The van der Waals surface area contributed by atoms with Crippen molar-refractivity contribution in [3.05, 3.63) is 11.8 Å². The summed E-state index contributed by atoms with van der Waals surface area (Å²) in [6.07, 6.45) is 1.89. The Hall–Kier alpha value is -1.89. The number of aromatic nitrogens is 2. The van der Waals surface area contributed by atoms with E-state index in [0.29, 0.717) is 11.8 Å². The van der Waals surface area contributed by atoms with Gasteiger partial charge in [0.15, 0.2) is 0 Å². The summed E-state index contributed by atoms with van der Waals surface area (Å²) in [4.78, 5) is 18.8. The predicted molar refractivity (Wildman–Crippen MR) is 61.5 cm³/mol. The Morgan fingerprint density at radius 1 is 1.62 bits per heavy atom.